The minimum absolute atomic E-state index is 0.383. The Morgan fingerprint density at radius 1 is 1.41 bits per heavy atom. The van der Waals surface area contributed by atoms with Gasteiger partial charge in [-0.3, -0.25) is 9.88 Å². The number of hydrogen-bond donors (Lipinski definition) is 1. The molecule has 0 saturated carbocycles. The third-order valence-corrected chi connectivity index (χ3v) is 2.94. The van der Waals surface area contributed by atoms with Crippen molar-refractivity contribution in [3.05, 3.63) is 48.3 Å². The number of imidazole rings is 1. The second-order valence-electron chi connectivity index (χ2n) is 4.16. The highest BCUT2D eigenvalue weighted by molar-refractivity contribution is 5.13. The number of hydrogen-bond acceptors (Lipinski definition) is 3. The molecular formula is C13H18N4. The van der Waals surface area contributed by atoms with Gasteiger partial charge in [0.2, 0.25) is 0 Å². The fraction of sp³-hybridized carbons (Fsp3) is 0.385. The van der Waals surface area contributed by atoms with Gasteiger partial charge in [0.1, 0.15) is 5.82 Å². The first-order valence-corrected chi connectivity index (χ1v) is 5.89. The summed E-state index contributed by atoms with van der Waals surface area (Å²) in [4.78, 5) is 13.9. The van der Waals surface area contributed by atoms with Crippen LogP contribution in [0.3, 0.4) is 0 Å². The summed E-state index contributed by atoms with van der Waals surface area (Å²) in [5, 5.41) is 0. The number of nitrogens with zero attached hydrogens (tertiary/aromatic N) is 3. The van der Waals surface area contributed by atoms with Crippen molar-refractivity contribution in [2.24, 2.45) is 0 Å². The number of rotatable bonds is 5. The Labute approximate surface area is 102 Å². The monoisotopic (exact) mass is 230 g/mol. The van der Waals surface area contributed by atoms with Crippen molar-refractivity contribution >= 4 is 0 Å². The lowest BCUT2D eigenvalue weighted by molar-refractivity contribution is 0.225. The number of nitrogens with one attached hydrogen (secondary N) is 1. The maximum absolute atomic E-state index is 4.25. The minimum Gasteiger partial charge on any atom is -0.348 e. The molecule has 4 nitrogen and oxygen atoms in total. The lowest BCUT2D eigenvalue weighted by Gasteiger charge is -2.26. The van der Waals surface area contributed by atoms with Gasteiger partial charge in [0, 0.05) is 30.8 Å². The average Bonchev–Trinajstić information content (AvgIpc) is 2.84. The molecule has 0 amide bonds. The summed E-state index contributed by atoms with van der Waals surface area (Å²) in [7, 11) is 2.11. The van der Waals surface area contributed by atoms with Crippen molar-refractivity contribution in [3.8, 4) is 0 Å². The van der Waals surface area contributed by atoms with E-state index in [-0.39, 0.29) is 0 Å². The number of aromatic amines is 1. The molecule has 0 fully saturated rings. The zero-order valence-electron chi connectivity index (χ0n) is 10.3. The lowest BCUT2D eigenvalue weighted by atomic mass is 10.1. The average molecular weight is 230 g/mol. The van der Waals surface area contributed by atoms with Gasteiger partial charge >= 0.3 is 0 Å². The highest BCUT2D eigenvalue weighted by atomic mass is 15.1. The minimum atomic E-state index is 0.383. The Morgan fingerprint density at radius 3 is 2.88 bits per heavy atom. The molecular weight excluding hydrogens is 212 g/mol. The second-order valence-corrected chi connectivity index (χ2v) is 4.16. The maximum atomic E-state index is 4.25. The number of aromatic nitrogens is 3. The normalized spacial score (nSPS) is 12.9. The van der Waals surface area contributed by atoms with Crippen molar-refractivity contribution in [3.63, 3.8) is 0 Å². The standard InChI is InChI=1S/C13H18N4/c1-3-12(11-5-4-6-14-9-11)17(2)10-13-15-7-8-16-13/h4-9,12H,3,10H2,1-2H3,(H,15,16)/t12-/m1/s1. The molecule has 0 bridgehead atoms. The molecule has 0 saturated heterocycles. The van der Waals surface area contributed by atoms with Gasteiger partial charge in [0.05, 0.1) is 6.54 Å². The summed E-state index contributed by atoms with van der Waals surface area (Å²) < 4.78 is 0. The van der Waals surface area contributed by atoms with Crippen LogP contribution in [0.25, 0.3) is 0 Å². The summed E-state index contributed by atoms with van der Waals surface area (Å²) in [6.07, 6.45) is 8.45. The zero-order valence-corrected chi connectivity index (χ0v) is 10.3. The number of H-pyrrole nitrogens is 1. The van der Waals surface area contributed by atoms with Crippen LogP contribution >= 0.6 is 0 Å². The Kier molecular flexibility index (Phi) is 3.88. The quantitative estimate of drug-likeness (QED) is 0.857. The van der Waals surface area contributed by atoms with Gasteiger partial charge in [-0.1, -0.05) is 13.0 Å². The van der Waals surface area contributed by atoms with Crippen LogP contribution in [-0.2, 0) is 6.54 Å². The predicted octanol–water partition coefficient (Wildman–Crippen LogP) is 2.39. The molecule has 0 unspecified atom stereocenters. The van der Waals surface area contributed by atoms with Gasteiger partial charge in [0.25, 0.3) is 0 Å². The van der Waals surface area contributed by atoms with Crippen LogP contribution in [0.4, 0.5) is 0 Å². The summed E-state index contributed by atoms with van der Waals surface area (Å²) >= 11 is 0. The molecule has 1 atom stereocenters. The van der Waals surface area contributed by atoms with Crippen molar-refractivity contribution in [2.75, 3.05) is 7.05 Å². The Bertz CT molecular complexity index is 424. The molecule has 2 aromatic heterocycles. The molecule has 0 radical (unpaired) electrons. The van der Waals surface area contributed by atoms with Crippen LogP contribution in [0.15, 0.2) is 36.9 Å². The van der Waals surface area contributed by atoms with E-state index in [9.17, 15) is 0 Å². The Hall–Kier alpha value is -1.68. The van der Waals surface area contributed by atoms with Gasteiger partial charge in [-0.25, -0.2) is 4.98 Å². The summed E-state index contributed by atoms with van der Waals surface area (Å²) in [6, 6.07) is 4.49. The topological polar surface area (TPSA) is 44.8 Å². The predicted molar refractivity (Wildman–Crippen MR) is 67.3 cm³/mol. The van der Waals surface area contributed by atoms with Crippen LogP contribution in [0.5, 0.6) is 0 Å². The fourth-order valence-corrected chi connectivity index (χ4v) is 2.11. The van der Waals surface area contributed by atoms with E-state index in [2.05, 4.69) is 39.9 Å². The molecule has 4 heteroatoms. The van der Waals surface area contributed by atoms with Gasteiger partial charge < -0.3 is 4.98 Å². The van der Waals surface area contributed by atoms with Gasteiger partial charge in [-0.15, -0.1) is 0 Å². The van der Waals surface area contributed by atoms with E-state index in [1.54, 1.807) is 6.20 Å². The van der Waals surface area contributed by atoms with Gasteiger partial charge in [-0.05, 0) is 25.1 Å². The Morgan fingerprint density at radius 2 is 2.29 bits per heavy atom. The fourth-order valence-electron chi connectivity index (χ4n) is 2.11. The molecule has 0 aliphatic heterocycles. The molecule has 1 N–H and O–H groups in total. The summed E-state index contributed by atoms with van der Waals surface area (Å²) in [6.45, 7) is 3.01. The highest BCUT2D eigenvalue weighted by Crippen LogP contribution is 2.22. The van der Waals surface area contributed by atoms with Crippen molar-refractivity contribution in [1.29, 1.82) is 0 Å². The first kappa shape index (κ1) is 11.8. The molecule has 0 aliphatic carbocycles. The SMILES string of the molecule is CC[C@H](c1cccnc1)N(C)Cc1ncc[nH]1. The van der Waals surface area contributed by atoms with E-state index in [0.717, 1.165) is 18.8 Å². The third-order valence-electron chi connectivity index (χ3n) is 2.94. The van der Waals surface area contributed by atoms with Gasteiger partial charge in [0.15, 0.2) is 0 Å². The highest BCUT2D eigenvalue weighted by Gasteiger charge is 2.15. The van der Waals surface area contributed by atoms with Crippen LogP contribution in [0, 0.1) is 0 Å². The Balaban J connectivity index is 2.08. The van der Waals surface area contributed by atoms with E-state index >= 15 is 0 Å². The second kappa shape index (κ2) is 5.59. The van der Waals surface area contributed by atoms with Gasteiger partial charge in [-0.2, -0.15) is 0 Å². The molecule has 2 rings (SSSR count). The lowest BCUT2D eigenvalue weighted by Crippen LogP contribution is -2.24. The van der Waals surface area contributed by atoms with Crippen molar-refractivity contribution in [1.82, 2.24) is 19.9 Å². The van der Waals surface area contributed by atoms with Crippen molar-refractivity contribution < 1.29 is 0 Å². The molecule has 2 heterocycles. The smallest absolute Gasteiger partial charge is 0.120 e. The van der Waals surface area contributed by atoms with Crippen molar-refractivity contribution in [2.45, 2.75) is 25.9 Å². The van der Waals surface area contributed by atoms with Crippen LogP contribution < -0.4 is 0 Å². The molecule has 0 aromatic carbocycles. The van der Waals surface area contributed by atoms with Crippen LogP contribution in [0.2, 0.25) is 0 Å². The molecule has 17 heavy (non-hydrogen) atoms. The zero-order chi connectivity index (χ0) is 12.1. The summed E-state index contributed by atoms with van der Waals surface area (Å²) in [5.74, 6) is 0.995. The van der Waals surface area contributed by atoms with E-state index in [0.29, 0.717) is 6.04 Å². The maximum Gasteiger partial charge on any atom is 0.120 e. The van der Waals surface area contributed by atoms with E-state index in [4.69, 9.17) is 0 Å². The van der Waals surface area contributed by atoms with Crippen LogP contribution in [0.1, 0.15) is 30.8 Å². The number of pyridine rings is 1. The summed E-state index contributed by atoms with van der Waals surface area (Å²) in [5.41, 5.74) is 1.25. The first-order chi connectivity index (χ1) is 8.31. The van der Waals surface area contributed by atoms with Crippen LogP contribution in [-0.4, -0.2) is 26.9 Å². The van der Waals surface area contributed by atoms with E-state index < -0.39 is 0 Å². The first-order valence-electron chi connectivity index (χ1n) is 5.89. The van der Waals surface area contributed by atoms with E-state index in [1.165, 1.54) is 5.56 Å². The molecule has 2 aromatic rings. The molecule has 0 aliphatic rings. The molecule has 0 spiro atoms. The largest absolute Gasteiger partial charge is 0.348 e. The van der Waals surface area contributed by atoms with E-state index in [1.807, 2.05) is 24.7 Å². The third kappa shape index (κ3) is 2.91. The molecule has 90 valence electrons.